The van der Waals surface area contributed by atoms with Crippen LogP contribution in [0.15, 0.2) is 23.6 Å². The summed E-state index contributed by atoms with van der Waals surface area (Å²) in [6, 6.07) is 3.73. The van der Waals surface area contributed by atoms with E-state index in [1.165, 1.54) is 23.5 Å². The van der Waals surface area contributed by atoms with Gasteiger partial charge in [-0.15, -0.1) is 11.3 Å². The fraction of sp³-hybridized carbons (Fsp3) is 0.294. The summed E-state index contributed by atoms with van der Waals surface area (Å²) in [6.07, 6.45) is 1.16. The Bertz CT molecular complexity index is 889. The van der Waals surface area contributed by atoms with Crippen LogP contribution in [-0.4, -0.2) is 35.9 Å². The van der Waals surface area contributed by atoms with E-state index in [0.717, 1.165) is 12.5 Å². The highest BCUT2D eigenvalue weighted by molar-refractivity contribution is 7.14. The van der Waals surface area contributed by atoms with Gasteiger partial charge in [0.2, 0.25) is 5.91 Å². The van der Waals surface area contributed by atoms with E-state index in [0.29, 0.717) is 23.8 Å². The average Bonchev–Trinajstić information content (AvgIpc) is 3.25. The van der Waals surface area contributed by atoms with Crippen molar-refractivity contribution in [1.82, 2.24) is 4.98 Å². The van der Waals surface area contributed by atoms with Gasteiger partial charge in [-0.25, -0.2) is 9.37 Å². The van der Waals surface area contributed by atoms with Crippen molar-refractivity contribution in [2.24, 2.45) is 0 Å². The molecule has 0 aliphatic carbocycles. The van der Waals surface area contributed by atoms with Crippen LogP contribution in [0.2, 0.25) is 5.02 Å². The van der Waals surface area contributed by atoms with Crippen molar-refractivity contribution in [3.8, 4) is 0 Å². The third-order valence-corrected chi connectivity index (χ3v) is 4.88. The Morgan fingerprint density at radius 2 is 2.22 bits per heavy atom. The van der Waals surface area contributed by atoms with Crippen LogP contribution in [0.25, 0.3) is 0 Å². The molecule has 1 saturated heterocycles. The summed E-state index contributed by atoms with van der Waals surface area (Å²) in [6.45, 7) is 0.0584. The highest BCUT2D eigenvalue weighted by atomic mass is 35.5. The number of hydrogen-bond donors (Lipinski definition) is 1. The van der Waals surface area contributed by atoms with Gasteiger partial charge in [0.1, 0.15) is 5.82 Å². The second-order valence-corrected chi connectivity index (χ2v) is 7.05. The molecule has 2 heterocycles. The van der Waals surface area contributed by atoms with Gasteiger partial charge in [0, 0.05) is 23.4 Å². The summed E-state index contributed by atoms with van der Waals surface area (Å²) in [5.74, 6) is -1.97. The van der Waals surface area contributed by atoms with Crippen molar-refractivity contribution in [3.63, 3.8) is 0 Å². The summed E-state index contributed by atoms with van der Waals surface area (Å²) in [5.41, 5.74) is 0.365. The number of anilines is 2. The monoisotopic (exact) mass is 411 g/mol. The van der Waals surface area contributed by atoms with E-state index in [1.54, 1.807) is 10.3 Å². The fourth-order valence-electron chi connectivity index (χ4n) is 2.48. The molecule has 142 valence electrons. The third-order valence-electron chi connectivity index (χ3n) is 3.74. The molecule has 2 aromatic rings. The van der Waals surface area contributed by atoms with Gasteiger partial charge in [-0.1, -0.05) is 11.6 Å². The van der Waals surface area contributed by atoms with E-state index in [9.17, 15) is 18.8 Å². The summed E-state index contributed by atoms with van der Waals surface area (Å²) in [4.78, 5) is 41.2. The lowest BCUT2D eigenvalue weighted by molar-refractivity contribution is -0.146. The lowest BCUT2D eigenvalue weighted by Crippen LogP contribution is -2.23. The highest BCUT2D eigenvalue weighted by Crippen LogP contribution is 2.25. The van der Waals surface area contributed by atoms with E-state index < -0.39 is 24.3 Å². The zero-order valence-electron chi connectivity index (χ0n) is 14.0. The van der Waals surface area contributed by atoms with E-state index in [2.05, 4.69) is 10.3 Å². The standard InChI is InChI=1S/C17H15ClFN3O4S/c18-10-3-4-12(19)13(6-10)21-14(23)8-26-16(25)7-11-9-27-17(20-11)22-5-1-2-15(22)24/h3-4,6,9H,1-2,5,7-8H2,(H,21,23). The van der Waals surface area contributed by atoms with Gasteiger partial charge in [0.25, 0.3) is 5.91 Å². The summed E-state index contributed by atoms with van der Waals surface area (Å²) < 4.78 is 18.4. The number of amides is 2. The van der Waals surface area contributed by atoms with Gasteiger partial charge < -0.3 is 10.1 Å². The Morgan fingerprint density at radius 3 is 2.96 bits per heavy atom. The normalized spacial score (nSPS) is 13.7. The van der Waals surface area contributed by atoms with Crippen LogP contribution < -0.4 is 10.2 Å². The Morgan fingerprint density at radius 1 is 1.41 bits per heavy atom. The second kappa shape index (κ2) is 8.45. The molecule has 1 aromatic carbocycles. The number of aromatic nitrogens is 1. The van der Waals surface area contributed by atoms with Gasteiger partial charge in [0.05, 0.1) is 17.8 Å². The molecule has 0 saturated carbocycles. The molecule has 0 spiro atoms. The molecule has 0 radical (unpaired) electrons. The Labute approximate surface area is 163 Å². The van der Waals surface area contributed by atoms with Gasteiger partial charge in [-0.2, -0.15) is 0 Å². The minimum absolute atomic E-state index is 0.0170. The lowest BCUT2D eigenvalue weighted by Gasteiger charge is -2.10. The highest BCUT2D eigenvalue weighted by Gasteiger charge is 2.24. The van der Waals surface area contributed by atoms with Crippen LogP contribution in [-0.2, 0) is 25.5 Å². The molecule has 27 heavy (non-hydrogen) atoms. The minimum atomic E-state index is -0.689. The van der Waals surface area contributed by atoms with Crippen molar-refractivity contribution >= 4 is 51.5 Å². The summed E-state index contributed by atoms with van der Waals surface area (Å²) in [7, 11) is 0. The predicted octanol–water partition coefficient (Wildman–Crippen LogP) is 2.79. The van der Waals surface area contributed by atoms with Crippen LogP contribution in [0.4, 0.5) is 15.2 Å². The Hall–Kier alpha value is -2.52. The van der Waals surface area contributed by atoms with E-state index >= 15 is 0 Å². The molecule has 0 bridgehead atoms. The van der Waals surface area contributed by atoms with E-state index in [4.69, 9.17) is 16.3 Å². The molecule has 0 atom stereocenters. The molecule has 1 fully saturated rings. The Kier molecular flexibility index (Phi) is 6.02. The first-order valence-electron chi connectivity index (χ1n) is 8.07. The first kappa shape index (κ1) is 19.2. The van der Waals surface area contributed by atoms with E-state index in [1.807, 2.05) is 0 Å². The number of halogens is 2. The molecule has 0 unspecified atom stereocenters. The third kappa shape index (κ3) is 5.01. The molecule has 10 heteroatoms. The largest absolute Gasteiger partial charge is 0.455 e. The number of carbonyl (C=O) groups excluding carboxylic acids is 3. The Balaban J connectivity index is 1.48. The van der Waals surface area contributed by atoms with Crippen molar-refractivity contribution in [2.45, 2.75) is 19.3 Å². The maximum absolute atomic E-state index is 13.6. The molecule has 7 nitrogen and oxygen atoms in total. The van der Waals surface area contributed by atoms with Crippen LogP contribution >= 0.6 is 22.9 Å². The summed E-state index contributed by atoms with van der Waals surface area (Å²) in [5, 5.41) is 4.77. The molecular formula is C17H15ClFN3O4S. The zero-order chi connectivity index (χ0) is 19.4. The zero-order valence-corrected chi connectivity index (χ0v) is 15.6. The van der Waals surface area contributed by atoms with Crippen LogP contribution in [0.5, 0.6) is 0 Å². The number of carbonyl (C=O) groups is 3. The molecule has 1 aliphatic rings. The van der Waals surface area contributed by atoms with Crippen LogP contribution in [0.1, 0.15) is 18.5 Å². The smallest absolute Gasteiger partial charge is 0.312 e. The van der Waals surface area contributed by atoms with Crippen LogP contribution in [0.3, 0.4) is 0 Å². The number of hydrogen-bond acceptors (Lipinski definition) is 6. The SMILES string of the molecule is O=C(COC(=O)Cc1csc(N2CCCC2=O)n1)Nc1cc(Cl)ccc1F. The maximum Gasteiger partial charge on any atom is 0.312 e. The number of thiazole rings is 1. The molecule has 1 aromatic heterocycles. The summed E-state index contributed by atoms with van der Waals surface area (Å²) >= 11 is 7.02. The van der Waals surface area contributed by atoms with Gasteiger partial charge in [-0.05, 0) is 24.6 Å². The van der Waals surface area contributed by atoms with Gasteiger partial charge >= 0.3 is 5.97 Å². The van der Waals surface area contributed by atoms with Gasteiger partial charge in [0.15, 0.2) is 11.7 Å². The fourth-order valence-corrected chi connectivity index (χ4v) is 3.52. The minimum Gasteiger partial charge on any atom is -0.455 e. The van der Waals surface area contributed by atoms with Crippen molar-refractivity contribution in [3.05, 3.63) is 40.1 Å². The molecule has 2 amide bonds. The molecule has 3 rings (SSSR count). The first-order chi connectivity index (χ1) is 12.9. The second-order valence-electron chi connectivity index (χ2n) is 5.78. The van der Waals surface area contributed by atoms with Gasteiger partial charge in [-0.3, -0.25) is 19.3 Å². The predicted molar refractivity (Wildman–Crippen MR) is 98.4 cm³/mol. The number of ether oxygens (including phenoxy) is 1. The maximum atomic E-state index is 13.6. The molecular weight excluding hydrogens is 397 g/mol. The molecule has 1 aliphatic heterocycles. The number of benzene rings is 1. The number of esters is 1. The first-order valence-corrected chi connectivity index (χ1v) is 9.33. The van der Waals surface area contributed by atoms with Crippen molar-refractivity contribution in [2.75, 3.05) is 23.4 Å². The number of rotatable bonds is 6. The topological polar surface area (TPSA) is 88.6 Å². The quantitative estimate of drug-likeness (QED) is 0.738. The van der Waals surface area contributed by atoms with E-state index in [-0.39, 0.29) is 23.0 Å². The van der Waals surface area contributed by atoms with Crippen molar-refractivity contribution < 1.29 is 23.5 Å². The number of nitrogens with zero attached hydrogens (tertiary/aromatic N) is 2. The molecule has 1 N–H and O–H groups in total. The van der Waals surface area contributed by atoms with Crippen molar-refractivity contribution in [1.29, 1.82) is 0 Å². The van der Waals surface area contributed by atoms with Crippen LogP contribution in [0, 0.1) is 5.82 Å². The number of nitrogens with one attached hydrogen (secondary N) is 1. The average molecular weight is 412 g/mol. The lowest BCUT2D eigenvalue weighted by atomic mass is 10.3.